The Hall–Kier alpha value is -3.16. The van der Waals surface area contributed by atoms with Crippen LogP contribution in [-0.2, 0) is 6.54 Å². The number of fused-ring (bicyclic) bond motifs is 1. The van der Waals surface area contributed by atoms with E-state index in [1.54, 1.807) is 23.5 Å². The third-order valence-corrected chi connectivity index (χ3v) is 5.04. The highest BCUT2D eigenvalue weighted by Crippen LogP contribution is 2.23. The fourth-order valence-electron chi connectivity index (χ4n) is 3.65. The van der Waals surface area contributed by atoms with Crippen molar-refractivity contribution in [3.63, 3.8) is 0 Å². The molecule has 3 aromatic rings. The molecule has 1 fully saturated rings. The molecule has 1 aromatic carbocycles. The van der Waals surface area contributed by atoms with Gasteiger partial charge in [-0.05, 0) is 43.0 Å². The summed E-state index contributed by atoms with van der Waals surface area (Å²) in [4.78, 5) is 23.2. The monoisotopic (exact) mass is 383 g/mol. The molecular formula is C20H22FN5O2. The molecule has 28 heavy (non-hydrogen) atoms. The summed E-state index contributed by atoms with van der Waals surface area (Å²) in [6.45, 7) is 2.08. The van der Waals surface area contributed by atoms with Crippen LogP contribution < -0.4 is 10.1 Å². The van der Waals surface area contributed by atoms with Gasteiger partial charge in [-0.25, -0.2) is 19.2 Å². The van der Waals surface area contributed by atoms with Crippen molar-refractivity contribution in [1.29, 1.82) is 0 Å². The molecule has 4 rings (SSSR count). The van der Waals surface area contributed by atoms with Crippen LogP contribution >= 0.6 is 0 Å². The number of halogens is 1. The number of aromatic nitrogens is 3. The molecule has 3 heterocycles. The summed E-state index contributed by atoms with van der Waals surface area (Å²) in [5, 5.41) is 2.77. The molecule has 2 amide bonds. The van der Waals surface area contributed by atoms with Crippen molar-refractivity contribution >= 4 is 22.9 Å². The van der Waals surface area contributed by atoms with Crippen LogP contribution in [0.4, 0.5) is 14.9 Å². The predicted octanol–water partition coefficient (Wildman–Crippen LogP) is 3.52. The maximum absolute atomic E-state index is 13.8. The lowest BCUT2D eigenvalue weighted by Crippen LogP contribution is -2.43. The quantitative estimate of drug-likeness (QED) is 0.748. The first-order chi connectivity index (χ1) is 13.6. The Labute approximate surface area is 162 Å². The number of imidazole rings is 1. The first-order valence-corrected chi connectivity index (χ1v) is 9.29. The van der Waals surface area contributed by atoms with Gasteiger partial charge in [-0.3, -0.25) is 0 Å². The van der Waals surface area contributed by atoms with Crippen LogP contribution in [-0.4, -0.2) is 45.7 Å². The molecule has 0 radical (unpaired) electrons. The summed E-state index contributed by atoms with van der Waals surface area (Å²) < 4.78 is 20.8. The lowest BCUT2D eigenvalue weighted by atomic mass is 9.98. The Morgan fingerprint density at radius 2 is 2.25 bits per heavy atom. The molecule has 7 nitrogen and oxygen atoms in total. The van der Waals surface area contributed by atoms with Crippen LogP contribution in [0.5, 0.6) is 5.75 Å². The zero-order valence-electron chi connectivity index (χ0n) is 15.6. The Bertz CT molecular complexity index is 990. The van der Waals surface area contributed by atoms with E-state index in [1.807, 2.05) is 16.7 Å². The maximum atomic E-state index is 13.8. The third-order valence-electron chi connectivity index (χ3n) is 5.04. The van der Waals surface area contributed by atoms with Gasteiger partial charge < -0.3 is 19.5 Å². The van der Waals surface area contributed by atoms with E-state index in [4.69, 9.17) is 4.74 Å². The number of urea groups is 1. The highest BCUT2D eigenvalue weighted by Gasteiger charge is 2.24. The maximum Gasteiger partial charge on any atom is 0.321 e. The Kier molecular flexibility index (Phi) is 5.10. The van der Waals surface area contributed by atoms with E-state index in [2.05, 4.69) is 15.3 Å². The minimum Gasteiger partial charge on any atom is -0.494 e. The number of benzene rings is 1. The molecule has 1 unspecified atom stereocenters. The molecule has 0 bridgehead atoms. The van der Waals surface area contributed by atoms with Crippen LogP contribution in [0.2, 0.25) is 0 Å². The molecule has 1 aliphatic heterocycles. The Morgan fingerprint density at radius 3 is 3.07 bits per heavy atom. The zero-order chi connectivity index (χ0) is 19.5. The number of carbonyl (C=O) groups excluding carboxylic acids is 1. The van der Waals surface area contributed by atoms with Gasteiger partial charge in [0, 0.05) is 37.6 Å². The van der Waals surface area contributed by atoms with Crippen molar-refractivity contribution < 1.29 is 13.9 Å². The number of pyridine rings is 1. The van der Waals surface area contributed by atoms with Crippen molar-refractivity contribution in [3.8, 4) is 5.75 Å². The van der Waals surface area contributed by atoms with Gasteiger partial charge in [-0.15, -0.1) is 0 Å². The van der Waals surface area contributed by atoms with Gasteiger partial charge in [-0.1, -0.05) is 0 Å². The third kappa shape index (κ3) is 3.76. The summed E-state index contributed by atoms with van der Waals surface area (Å²) >= 11 is 0. The van der Waals surface area contributed by atoms with Crippen LogP contribution in [0.1, 0.15) is 12.8 Å². The second-order valence-electron chi connectivity index (χ2n) is 6.98. The van der Waals surface area contributed by atoms with E-state index in [1.165, 1.54) is 19.2 Å². The second kappa shape index (κ2) is 7.84. The van der Waals surface area contributed by atoms with Crippen molar-refractivity contribution in [3.05, 3.63) is 48.7 Å². The zero-order valence-corrected chi connectivity index (χ0v) is 15.6. The van der Waals surface area contributed by atoms with Crippen molar-refractivity contribution in [2.24, 2.45) is 5.92 Å². The van der Waals surface area contributed by atoms with Crippen LogP contribution in [0.3, 0.4) is 0 Å². The van der Waals surface area contributed by atoms with Crippen molar-refractivity contribution in [2.45, 2.75) is 19.4 Å². The number of carbonyl (C=O) groups is 1. The SMILES string of the molecule is COc1ccc(NC(=O)N2CCCC(Cn3cnc4cccnc43)C2)cc1F. The van der Waals surface area contributed by atoms with Crippen LogP contribution in [0.15, 0.2) is 42.9 Å². The second-order valence-corrected chi connectivity index (χ2v) is 6.98. The number of rotatable bonds is 4. The number of ether oxygens (including phenoxy) is 1. The number of hydrogen-bond acceptors (Lipinski definition) is 4. The molecule has 1 saturated heterocycles. The van der Waals surface area contributed by atoms with Crippen molar-refractivity contribution in [2.75, 3.05) is 25.5 Å². The highest BCUT2D eigenvalue weighted by molar-refractivity contribution is 5.89. The minimum absolute atomic E-state index is 0.150. The molecule has 0 spiro atoms. The molecule has 1 atom stereocenters. The number of nitrogens with one attached hydrogen (secondary N) is 1. The van der Waals surface area contributed by atoms with Gasteiger partial charge in [-0.2, -0.15) is 0 Å². The summed E-state index contributed by atoms with van der Waals surface area (Å²) in [5.41, 5.74) is 2.14. The van der Waals surface area contributed by atoms with E-state index in [0.29, 0.717) is 24.7 Å². The number of likely N-dealkylation sites (tertiary alicyclic amines) is 1. The van der Waals surface area contributed by atoms with Gasteiger partial charge in [0.05, 0.1) is 13.4 Å². The highest BCUT2D eigenvalue weighted by atomic mass is 19.1. The first kappa shape index (κ1) is 18.2. The van der Waals surface area contributed by atoms with Gasteiger partial charge in [0.25, 0.3) is 0 Å². The summed E-state index contributed by atoms with van der Waals surface area (Å²) in [6, 6.07) is 7.98. The van der Waals surface area contributed by atoms with Gasteiger partial charge in [0.1, 0.15) is 5.52 Å². The number of nitrogens with zero attached hydrogens (tertiary/aromatic N) is 4. The number of amides is 2. The molecule has 146 valence electrons. The summed E-state index contributed by atoms with van der Waals surface area (Å²) in [6.07, 6.45) is 5.52. The number of piperidine rings is 1. The van der Waals surface area contributed by atoms with Crippen LogP contribution in [0, 0.1) is 11.7 Å². The number of hydrogen-bond donors (Lipinski definition) is 1. The molecule has 1 aliphatic rings. The van der Waals surface area contributed by atoms with E-state index < -0.39 is 5.82 Å². The lowest BCUT2D eigenvalue weighted by molar-refractivity contribution is 0.171. The molecule has 0 saturated carbocycles. The van der Waals surface area contributed by atoms with E-state index in [9.17, 15) is 9.18 Å². The Morgan fingerprint density at radius 1 is 1.36 bits per heavy atom. The Balaban J connectivity index is 1.40. The van der Waals surface area contributed by atoms with E-state index in [0.717, 1.165) is 30.6 Å². The predicted molar refractivity (Wildman–Crippen MR) is 104 cm³/mol. The van der Waals surface area contributed by atoms with Crippen LogP contribution in [0.25, 0.3) is 11.2 Å². The van der Waals surface area contributed by atoms with E-state index >= 15 is 0 Å². The summed E-state index contributed by atoms with van der Waals surface area (Å²) in [5.74, 6) is -0.0416. The standard InChI is InChI=1S/C20H22FN5O2/c1-28-18-7-6-15(10-16(18)21)24-20(27)25-9-3-4-14(11-25)12-26-13-23-17-5-2-8-22-19(17)26/h2,5-8,10,13-14H,3-4,9,11-12H2,1H3,(H,24,27). The molecule has 1 N–H and O–H groups in total. The van der Waals surface area contributed by atoms with Gasteiger partial charge >= 0.3 is 6.03 Å². The smallest absolute Gasteiger partial charge is 0.321 e. The number of methoxy groups -OCH3 is 1. The molecule has 8 heteroatoms. The summed E-state index contributed by atoms with van der Waals surface area (Å²) in [7, 11) is 1.41. The van der Waals surface area contributed by atoms with E-state index in [-0.39, 0.29) is 11.8 Å². The molecular weight excluding hydrogens is 361 g/mol. The first-order valence-electron chi connectivity index (χ1n) is 9.29. The van der Waals surface area contributed by atoms with Gasteiger partial charge in [0.2, 0.25) is 0 Å². The average molecular weight is 383 g/mol. The topological polar surface area (TPSA) is 72.3 Å². The molecule has 2 aromatic heterocycles. The van der Waals surface area contributed by atoms with Crippen molar-refractivity contribution in [1.82, 2.24) is 19.4 Å². The fourth-order valence-corrected chi connectivity index (χ4v) is 3.65. The number of anilines is 1. The minimum atomic E-state index is -0.503. The lowest BCUT2D eigenvalue weighted by Gasteiger charge is -2.33. The molecule has 0 aliphatic carbocycles. The normalized spacial score (nSPS) is 16.9. The fraction of sp³-hybridized carbons (Fsp3) is 0.350. The van der Waals surface area contributed by atoms with Gasteiger partial charge in [0.15, 0.2) is 17.2 Å². The largest absolute Gasteiger partial charge is 0.494 e. The average Bonchev–Trinajstić information content (AvgIpc) is 3.11.